The van der Waals surface area contributed by atoms with E-state index in [1.165, 1.54) is 0 Å². The fraction of sp³-hybridized carbons (Fsp3) is 0.571. The third kappa shape index (κ3) is 2.93. The Balaban J connectivity index is 0.00000180. The van der Waals surface area contributed by atoms with Gasteiger partial charge >= 0.3 is 0 Å². The second-order valence-corrected chi connectivity index (χ2v) is 5.38. The Morgan fingerprint density at radius 3 is 2.32 bits per heavy atom. The van der Waals surface area contributed by atoms with E-state index >= 15 is 0 Å². The van der Waals surface area contributed by atoms with Crippen LogP contribution in [0, 0.1) is 5.92 Å². The topological polar surface area (TPSA) is 114 Å². The summed E-state index contributed by atoms with van der Waals surface area (Å²) in [6.45, 7) is 2.04. The molecule has 6 N–H and O–H groups in total. The lowest BCUT2D eigenvalue weighted by Gasteiger charge is -2.39. The molecule has 5 heteroatoms. The molecule has 5 nitrogen and oxygen atoms in total. The highest BCUT2D eigenvalue weighted by Gasteiger charge is 2.42. The highest BCUT2D eigenvalue weighted by atomic mass is 16.1. The summed E-state index contributed by atoms with van der Waals surface area (Å²) in [6, 6.07) is 3.99. The molecule has 0 saturated heterocycles. The molecule has 19 heavy (non-hydrogen) atoms. The van der Waals surface area contributed by atoms with Crippen LogP contribution in [0.15, 0.2) is 24.5 Å². The normalized spacial score (nSPS) is 28.2. The van der Waals surface area contributed by atoms with Gasteiger partial charge in [-0.2, -0.15) is 0 Å². The first-order valence-corrected chi connectivity index (χ1v) is 6.52. The molecule has 1 amide bonds. The van der Waals surface area contributed by atoms with Gasteiger partial charge in [0.2, 0.25) is 5.91 Å². The van der Waals surface area contributed by atoms with Gasteiger partial charge in [0, 0.05) is 18.4 Å². The Morgan fingerprint density at radius 2 is 1.89 bits per heavy atom. The summed E-state index contributed by atoms with van der Waals surface area (Å²) in [5, 5.41) is 0. The van der Waals surface area contributed by atoms with Gasteiger partial charge in [-0.15, -0.1) is 0 Å². The molecular weight excluding hydrogens is 242 g/mol. The van der Waals surface area contributed by atoms with Gasteiger partial charge in [-0.3, -0.25) is 9.78 Å². The van der Waals surface area contributed by atoms with Crippen molar-refractivity contribution in [3.05, 3.63) is 30.1 Å². The molecule has 0 unspecified atom stereocenters. The average molecular weight is 265 g/mol. The summed E-state index contributed by atoms with van der Waals surface area (Å²) in [6.07, 6.45) is 6.94. The molecule has 106 valence electrons. The van der Waals surface area contributed by atoms with E-state index in [2.05, 4.69) is 4.98 Å². The first-order chi connectivity index (χ1) is 8.56. The molecule has 1 aliphatic carbocycles. The van der Waals surface area contributed by atoms with Crippen molar-refractivity contribution in [2.45, 2.75) is 44.1 Å². The molecule has 0 aromatic carbocycles. The van der Waals surface area contributed by atoms with Crippen LogP contribution < -0.4 is 11.5 Å². The number of pyridine rings is 1. The Kier molecular flexibility index (Phi) is 5.03. The molecule has 1 atom stereocenters. The molecule has 1 aliphatic rings. The van der Waals surface area contributed by atoms with Gasteiger partial charge < -0.3 is 16.9 Å². The molecular formula is C14H23N3O2. The predicted molar refractivity (Wildman–Crippen MR) is 74.3 cm³/mol. The van der Waals surface area contributed by atoms with E-state index in [0.717, 1.165) is 31.2 Å². The molecule has 0 radical (unpaired) electrons. The summed E-state index contributed by atoms with van der Waals surface area (Å²) in [4.78, 5) is 15.9. The lowest BCUT2D eigenvalue weighted by molar-refractivity contribution is -0.125. The lowest BCUT2D eigenvalue weighted by Crippen LogP contribution is -2.46. The van der Waals surface area contributed by atoms with Crippen LogP contribution in [0.5, 0.6) is 0 Å². The number of primary amides is 1. The van der Waals surface area contributed by atoms with Gasteiger partial charge in [-0.1, -0.05) is 0 Å². The van der Waals surface area contributed by atoms with E-state index in [1.54, 1.807) is 12.4 Å². The zero-order valence-electron chi connectivity index (χ0n) is 11.3. The van der Waals surface area contributed by atoms with Crippen molar-refractivity contribution in [1.82, 2.24) is 4.98 Å². The summed E-state index contributed by atoms with van der Waals surface area (Å²) in [7, 11) is 0. The number of hydrogen-bond acceptors (Lipinski definition) is 3. The van der Waals surface area contributed by atoms with Crippen molar-refractivity contribution in [2.24, 2.45) is 17.4 Å². The Labute approximate surface area is 113 Å². The van der Waals surface area contributed by atoms with Gasteiger partial charge in [0.15, 0.2) is 0 Å². The van der Waals surface area contributed by atoms with Crippen molar-refractivity contribution in [2.75, 3.05) is 0 Å². The zero-order chi connectivity index (χ0) is 13.2. The van der Waals surface area contributed by atoms with Crippen LogP contribution in [-0.4, -0.2) is 22.4 Å². The third-order valence-corrected chi connectivity index (χ3v) is 4.33. The van der Waals surface area contributed by atoms with E-state index in [4.69, 9.17) is 11.5 Å². The van der Waals surface area contributed by atoms with Crippen molar-refractivity contribution in [1.29, 1.82) is 0 Å². The second-order valence-electron chi connectivity index (χ2n) is 5.38. The van der Waals surface area contributed by atoms with Crippen molar-refractivity contribution >= 4 is 5.91 Å². The smallest absolute Gasteiger partial charge is 0.228 e. The molecule has 1 fully saturated rings. The number of nitrogens with two attached hydrogens (primary N) is 2. The third-order valence-electron chi connectivity index (χ3n) is 4.33. The largest absolute Gasteiger partial charge is 0.412 e. The van der Waals surface area contributed by atoms with Gasteiger partial charge in [-0.05, 0) is 56.2 Å². The summed E-state index contributed by atoms with van der Waals surface area (Å²) >= 11 is 0. The van der Waals surface area contributed by atoms with E-state index < -0.39 is 5.41 Å². The number of rotatable bonds is 3. The number of carbonyl (C=O) groups excluding carboxylic acids is 1. The fourth-order valence-corrected chi connectivity index (χ4v) is 3.01. The van der Waals surface area contributed by atoms with Crippen molar-refractivity contribution in [3.8, 4) is 0 Å². The van der Waals surface area contributed by atoms with E-state index in [1.807, 2.05) is 19.1 Å². The fourth-order valence-electron chi connectivity index (χ4n) is 3.01. The molecule has 1 saturated carbocycles. The maximum absolute atomic E-state index is 11.9. The minimum atomic E-state index is -0.520. The molecule has 0 bridgehead atoms. The highest BCUT2D eigenvalue weighted by molar-refractivity contribution is 5.86. The summed E-state index contributed by atoms with van der Waals surface area (Å²) < 4.78 is 0. The number of nitrogens with zero attached hydrogens (tertiary/aromatic N) is 1. The maximum atomic E-state index is 11.9. The number of hydrogen-bond donors (Lipinski definition) is 2. The first-order valence-electron chi connectivity index (χ1n) is 6.52. The first kappa shape index (κ1) is 15.6. The van der Waals surface area contributed by atoms with Gasteiger partial charge in [-0.25, -0.2) is 0 Å². The van der Waals surface area contributed by atoms with Gasteiger partial charge in [0.05, 0.1) is 5.41 Å². The van der Waals surface area contributed by atoms with Crippen LogP contribution in [0.2, 0.25) is 0 Å². The minimum Gasteiger partial charge on any atom is -0.412 e. The van der Waals surface area contributed by atoms with E-state index in [-0.39, 0.29) is 17.4 Å². The number of amides is 1. The molecule has 1 aromatic heterocycles. The molecule has 1 heterocycles. The average Bonchev–Trinajstić information content (AvgIpc) is 2.39. The monoisotopic (exact) mass is 265 g/mol. The summed E-state index contributed by atoms with van der Waals surface area (Å²) in [5.74, 6) is 0.274. The van der Waals surface area contributed by atoms with E-state index in [0.29, 0.717) is 5.92 Å². The minimum absolute atomic E-state index is 0. The molecule has 1 aromatic rings. The molecule has 0 spiro atoms. The van der Waals surface area contributed by atoms with Crippen LogP contribution in [0.25, 0.3) is 0 Å². The lowest BCUT2D eigenvalue weighted by atomic mass is 9.65. The second kappa shape index (κ2) is 6.12. The number of carbonyl (C=O) groups is 1. The number of aromatic nitrogens is 1. The van der Waals surface area contributed by atoms with Crippen LogP contribution in [0.1, 0.15) is 38.2 Å². The van der Waals surface area contributed by atoms with E-state index in [9.17, 15) is 4.79 Å². The Morgan fingerprint density at radius 1 is 1.37 bits per heavy atom. The van der Waals surface area contributed by atoms with Gasteiger partial charge in [0.1, 0.15) is 0 Å². The Bertz CT molecular complexity index is 412. The zero-order valence-corrected chi connectivity index (χ0v) is 11.3. The van der Waals surface area contributed by atoms with Gasteiger partial charge in [0.25, 0.3) is 0 Å². The quantitative estimate of drug-likeness (QED) is 0.830. The van der Waals surface area contributed by atoms with Crippen LogP contribution in [0.3, 0.4) is 0 Å². The van der Waals surface area contributed by atoms with Crippen LogP contribution >= 0.6 is 0 Å². The Hall–Kier alpha value is -1.46. The van der Waals surface area contributed by atoms with Crippen molar-refractivity contribution in [3.63, 3.8) is 0 Å². The van der Waals surface area contributed by atoms with Crippen molar-refractivity contribution < 1.29 is 10.3 Å². The standard InChI is InChI=1S/C14H21N3O.H2O/c1-10(15)11-2-6-14(7-3-11,13(16)18)12-4-8-17-9-5-12;/h4-5,8-11H,2-3,6-7,15H2,1H3,(H2,16,18);1H2/t10-,11?,14?;/m1./s1. The van der Waals surface area contributed by atoms with Crippen LogP contribution in [0.4, 0.5) is 0 Å². The highest BCUT2D eigenvalue weighted by Crippen LogP contribution is 2.41. The SMILES string of the molecule is C[C@@H](N)C1CCC(C(N)=O)(c2ccncc2)CC1.O. The van der Waals surface area contributed by atoms with Crippen LogP contribution in [-0.2, 0) is 10.2 Å². The summed E-state index contributed by atoms with van der Waals surface area (Å²) in [5.41, 5.74) is 12.1. The maximum Gasteiger partial charge on any atom is 0.228 e. The molecule has 2 rings (SSSR count). The molecule has 0 aliphatic heterocycles. The predicted octanol–water partition coefficient (Wildman–Crippen LogP) is 0.517.